The minimum absolute atomic E-state index is 0.177. The molecule has 1 aliphatic rings. The molecule has 2 amide bonds. The van der Waals surface area contributed by atoms with Crippen LogP contribution in [0.15, 0.2) is 84.3 Å². The Morgan fingerprint density at radius 1 is 0.962 bits per heavy atom. The van der Waals surface area contributed by atoms with Crippen molar-refractivity contribution in [3.63, 3.8) is 0 Å². The van der Waals surface area contributed by atoms with E-state index in [4.69, 9.17) is 0 Å². The molecule has 26 heavy (non-hydrogen) atoms. The summed E-state index contributed by atoms with van der Waals surface area (Å²) in [6, 6.07) is 0. The predicted octanol–water partition coefficient (Wildman–Crippen LogP) is 4.87. The Morgan fingerprint density at radius 2 is 1.54 bits per heavy atom. The van der Waals surface area contributed by atoms with E-state index in [0.29, 0.717) is 11.3 Å². The van der Waals surface area contributed by atoms with Gasteiger partial charge < -0.3 is 5.32 Å². The quantitative estimate of drug-likeness (QED) is 0.505. The van der Waals surface area contributed by atoms with Crippen LogP contribution in [0.5, 0.6) is 0 Å². The van der Waals surface area contributed by atoms with Crippen LogP contribution < -0.4 is 10.6 Å². The van der Waals surface area contributed by atoms with E-state index in [2.05, 4.69) is 23.8 Å². The van der Waals surface area contributed by atoms with Crippen LogP contribution in [-0.2, 0) is 9.59 Å². The number of amides is 2. The number of imide groups is 1. The molecule has 0 radical (unpaired) electrons. The van der Waals surface area contributed by atoms with Crippen molar-refractivity contribution in [1.29, 1.82) is 0 Å². The molecule has 0 aromatic heterocycles. The Kier molecular flexibility index (Phi) is 15.3. The highest BCUT2D eigenvalue weighted by Crippen LogP contribution is 2.20. The van der Waals surface area contributed by atoms with Crippen LogP contribution in [0.1, 0.15) is 41.5 Å². The highest BCUT2D eigenvalue weighted by atomic mass is 16.2. The molecule has 0 saturated carbocycles. The molecule has 0 aromatic rings. The van der Waals surface area contributed by atoms with E-state index in [1.807, 2.05) is 59.8 Å². The van der Waals surface area contributed by atoms with Crippen LogP contribution in [0, 0.1) is 0 Å². The van der Waals surface area contributed by atoms with E-state index < -0.39 is 11.8 Å². The first kappa shape index (κ1) is 25.4. The Bertz CT molecular complexity index is 645. The van der Waals surface area contributed by atoms with Crippen LogP contribution in [0.2, 0.25) is 0 Å². The number of carbonyl (C=O) groups excluding carboxylic acids is 2. The maximum absolute atomic E-state index is 12.0. The molecule has 0 aromatic carbocycles. The lowest BCUT2D eigenvalue weighted by molar-refractivity contribution is -0.124. The summed E-state index contributed by atoms with van der Waals surface area (Å²) in [5, 5.41) is 5.19. The van der Waals surface area contributed by atoms with Gasteiger partial charge in [0.15, 0.2) is 0 Å². The Hall–Kier alpha value is -2.88. The maximum Gasteiger partial charge on any atom is 0.275 e. The zero-order chi connectivity index (χ0) is 20.5. The van der Waals surface area contributed by atoms with Gasteiger partial charge in [0.1, 0.15) is 5.70 Å². The van der Waals surface area contributed by atoms with Crippen LogP contribution in [-0.4, -0.2) is 11.8 Å². The van der Waals surface area contributed by atoms with Gasteiger partial charge in [-0.25, -0.2) is 0 Å². The van der Waals surface area contributed by atoms with Gasteiger partial charge in [-0.05, 0) is 31.6 Å². The molecular weight excluding hydrogens is 324 g/mol. The Morgan fingerprint density at radius 3 is 2.04 bits per heavy atom. The SMILES string of the molecule is C=C/C(=C\C=C/C)NC1=C(C(=C)/C=C\C=C/C)C(=O)NC1=O.CC.CC. The molecular formula is C22H32N2O2. The van der Waals surface area contributed by atoms with E-state index in [9.17, 15) is 9.59 Å². The van der Waals surface area contributed by atoms with Gasteiger partial charge in [0, 0.05) is 5.70 Å². The fourth-order valence-corrected chi connectivity index (χ4v) is 1.75. The first-order chi connectivity index (χ1) is 12.5. The molecule has 0 fully saturated rings. The van der Waals surface area contributed by atoms with Gasteiger partial charge in [0.05, 0.1) is 5.57 Å². The Labute approximate surface area is 158 Å². The third-order valence-electron chi connectivity index (χ3n) is 2.81. The van der Waals surface area contributed by atoms with Crippen molar-refractivity contribution in [3.05, 3.63) is 84.3 Å². The molecule has 1 rings (SSSR count). The topological polar surface area (TPSA) is 58.2 Å². The molecule has 0 bridgehead atoms. The predicted molar refractivity (Wildman–Crippen MR) is 112 cm³/mol. The minimum Gasteiger partial charge on any atom is -0.350 e. The maximum atomic E-state index is 12.0. The number of carbonyl (C=O) groups is 2. The van der Waals surface area contributed by atoms with Crippen molar-refractivity contribution in [2.24, 2.45) is 0 Å². The van der Waals surface area contributed by atoms with Crippen molar-refractivity contribution in [2.45, 2.75) is 41.5 Å². The van der Waals surface area contributed by atoms with Crippen LogP contribution >= 0.6 is 0 Å². The number of hydrogen-bond donors (Lipinski definition) is 2. The fraction of sp³-hybridized carbons (Fsp3) is 0.273. The molecule has 1 heterocycles. The van der Waals surface area contributed by atoms with Crippen molar-refractivity contribution >= 4 is 11.8 Å². The normalized spacial score (nSPS) is 14.2. The lowest BCUT2D eigenvalue weighted by atomic mass is 10.1. The number of rotatable bonds is 7. The van der Waals surface area contributed by atoms with Crippen molar-refractivity contribution in [3.8, 4) is 0 Å². The molecule has 0 unspecified atom stereocenters. The first-order valence-electron chi connectivity index (χ1n) is 8.86. The van der Waals surface area contributed by atoms with Crippen LogP contribution in [0.4, 0.5) is 0 Å². The molecule has 0 aliphatic carbocycles. The zero-order valence-electron chi connectivity index (χ0n) is 16.8. The summed E-state index contributed by atoms with van der Waals surface area (Å²) in [7, 11) is 0. The van der Waals surface area contributed by atoms with E-state index >= 15 is 0 Å². The molecule has 1 aliphatic heterocycles. The average molecular weight is 357 g/mol. The van der Waals surface area contributed by atoms with Gasteiger partial charge in [-0.3, -0.25) is 14.9 Å². The molecule has 2 N–H and O–H groups in total. The van der Waals surface area contributed by atoms with Gasteiger partial charge in [-0.1, -0.05) is 77.3 Å². The third kappa shape index (κ3) is 8.29. The summed E-state index contributed by atoms with van der Waals surface area (Å²) in [6.07, 6.45) is 14.1. The second-order valence-corrected chi connectivity index (χ2v) is 4.42. The van der Waals surface area contributed by atoms with Gasteiger partial charge in [0.25, 0.3) is 11.8 Å². The third-order valence-corrected chi connectivity index (χ3v) is 2.81. The lowest BCUT2D eigenvalue weighted by Crippen LogP contribution is -2.26. The van der Waals surface area contributed by atoms with Gasteiger partial charge >= 0.3 is 0 Å². The second kappa shape index (κ2) is 15.6. The fourth-order valence-electron chi connectivity index (χ4n) is 1.75. The molecule has 0 atom stereocenters. The molecule has 4 nitrogen and oxygen atoms in total. The summed E-state index contributed by atoms with van der Waals surface area (Å²) in [5.74, 6) is -0.939. The standard InChI is InChI=1S/C18H20N2O2.2C2H6/c1-5-8-10-11-13(4)15-16(18(22)20-17(15)21)19-14(7-3)12-9-6-2;2*1-2/h5-12H,3-4H2,1-2H3,(H2,19,20,21,22);2*1-2H3/b8-5-,9-6-,11-10-,14-12+;;. The summed E-state index contributed by atoms with van der Waals surface area (Å²) < 4.78 is 0. The van der Waals surface area contributed by atoms with Crippen molar-refractivity contribution in [1.82, 2.24) is 10.6 Å². The van der Waals surface area contributed by atoms with Gasteiger partial charge in [0.2, 0.25) is 0 Å². The minimum atomic E-state index is -0.478. The number of nitrogens with one attached hydrogen (secondary N) is 2. The average Bonchev–Trinajstić information content (AvgIpc) is 2.95. The van der Waals surface area contributed by atoms with Gasteiger partial charge in [-0.2, -0.15) is 0 Å². The first-order valence-corrected chi connectivity index (χ1v) is 8.86. The highest BCUT2D eigenvalue weighted by Gasteiger charge is 2.31. The molecule has 0 saturated heterocycles. The summed E-state index contributed by atoms with van der Waals surface area (Å²) in [6.45, 7) is 19.3. The highest BCUT2D eigenvalue weighted by molar-refractivity contribution is 6.21. The Balaban J connectivity index is 0. The summed E-state index contributed by atoms with van der Waals surface area (Å²) in [5.41, 5.74) is 1.48. The summed E-state index contributed by atoms with van der Waals surface area (Å²) >= 11 is 0. The van der Waals surface area contributed by atoms with E-state index in [-0.39, 0.29) is 11.3 Å². The smallest absolute Gasteiger partial charge is 0.275 e. The molecule has 0 spiro atoms. The number of hydrogen-bond acceptors (Lipinski definition) is 3. The van der Waals surface area contributed by atoms with Crippen molar-refractivity contribution in [2.75, 3.05) is 0 Å². The van der Waals surface area contributed by atoms with E-state index in [0.717, 1.165) is 0 Å². The van der Waals surface area contributed by atoms with Crippen LogP contribution in [0.25, 0.3) is 0 Å². The molecule has 4 heteroatoms. The number of allylic oxidation sites excluding steroid dienone is 8. The van der Waals surface area contributed by atoms with Gasteiger partial charge in [-0.15, -0.1) is 0 Å². The van der Waals surface area contributed by atoms with E-state index in [1.165, 1.54) is 0 Å². The molecule has 142 valence electrons. The van der Waals surface area contributed by atoms with E-state index in [1.54, 1.807) is 30.4 Å². The lowest BCUT2D eigenvalue weighted by Gasteiger charge is -2.08. The largest absolute Gasteiger partial charge is 0.350 e. The second-order valence-electron chi connectivity index (χ2n) is 4.42. The van der Waals surface area contributed by atoms with Crippen molar-refractivity contribution < 1.29 is 9.59 Å². The summed E-state index contributed by atoms with van der Waals surface area (Å²) in [4.78, 5) is 23.9. The van der Waals surface area contributed by atoms with Crippen LogP contribution in [0.3, 0.4) is 0 Å². The monoisotopic (exact) mass is 356 g/mol. The zero-order valence-corrected chi connectivity index (χ0v) is 16.8.